The SMILES string of the molecule is c1ccc(-c2cc3ccccc3c3ccccc23)c(-c2ccc3c(c2)cc(-c2cc4ccccc4c4ccccc24)c2cc(-c4ccccc4-c4cc5ccccc5c5ccccc45)ccc23)c1. The lowest BCUT2D eigenvalue weighted by Gasteiger charge is -2.19. The van der Waals surface area contributed by atoms with Crippen molar-refractivity contribution in [1.82, 2.24) is 0 Å². The van der Waals surface area contributed by atoms with Crippen LogP contribution in [0, 0.1) is 0 Å². The third kappa shape index (κ3) is 6.01. The van der Waals surface area contributed by atoms with E-state index in [0.29, 0.717) is 0 Å². The molecular weight excluding hydrogens is 817 g/mol. The van der Waals surface area contributed by atoms with Crippen LogP contribution in [0.5, 0.6) is 0 Å². The van der Waals surface area contributed by atoms with Gasteiger partial charge < -0.3 is 0 Å². The first-order chi connectivity index (χ1) is 33.7. The third-order valence-corrected chi connectivity index (χ3v) is 14.6. The summed E-state index contributed by atoms with van der Waals surface area (Å²) in [5.74, 6) is 0. The standard InChI is InChI=1S/C68H42/c1-4-20-49-43(17-1)38-64(60-30-14-11-25-55(49)60)58-28-9-7-23-52(58)46-33-35-54-48(37-46)42-68(66-40-45-19-3-6-22-51(45)57-27-13-16-32-62(57)66)67-41-47(34-36-63(54)67)53-24-8-10-29-59(53)65-39-44-18-2-5-21-50(44)56-26-12-15-31-61(56)65/h1-42H. The molecule has 0 atom stereocenters. The largest absolute Gasteiger partial charge is 0.0616 e. The average molecular weight is 859 g/mol. The second-order valence-electron chi connectivity index (χ2n) is 18.3. The summed E-state index contributed by atoms with van der Waals surface area (Å²) < 4.78 is 0. The molecule has 0 fully saturated rings. The molecule has 0 aliphatic rings. The maximum atomic E-state index is 2.47. The Morgan fingerprint density at radius 1 is 0.132 bits per heavy atom. The van der Waals surface area contributed by atoms with Gasteiger partial charge in [0.1, 0.15) is 0 Å². The lowest BCUT2D eigenvalue weighted by atomic mass is 9.85. The molecule has 0 unspecified atom stereocenters. The highest BCUT2D eigenvalue weighted by Gasteiger charge is 2.19. The van der Waals surface area contributed by atoms with Gasteiger partial charge in [0.25, 0.3) is 0 Å². The van der Waals surface area contributed by atoms with E-state index in [1.807, 2.05) is 0 Å². The lowest BCUT2D eigenvalue weighted by Crippen LogP contribution is -1.92. The van der Waals surface area contributed by atoms with Crippen LogP contribution < -0.4 is 0 Å². The van der Waals surface area contributed by atoms with Crippen molar-refractivity contribution in [3.63, 3.8) is 0 Å². The molecule has 0 heteroatoms. The smallest absolute Gasteiger partial charge is 0.00923 e. The maximum absolute atomic E-state index is 2.47. The number of rotatable bonds is 5. The molecule has 14 aromatic carbocycles. The van der Waals surface area contributed by atoms with Gasteiger partial charge in [-0.15, -0.1) is 0 Å². The van der Waals surface area contributed by atoms with E-state index in [4.69, 9.17) is 0 Å². The van der Waals surface area contributed by atoms with Gasteiger partial charge in [-0.1, -0.05) is 218 Å². The molecule has 0 bridgehead atoms. The van der Waals surface area contributed by atoms with Crippen molar-refractivity contribution in [2.75, 3.05) is 0 Å². The first-order valence-electron chi connectivity index (χ1n) is 23.7. The van der Waals surface area contributed by atoms with Gasteiger partial charge in [0, 0.05) is 0 Å². The summed E-state index contributed by atoms with van der Waals surface area (Å²) in [7, 11) is 0. The van der Waals surface area contributed by atoms with Crippen molar-refractivity contribution < 1.29 is 0 Å². The number of hydrogen-bond donors (Lipinski definition) is 0. The summed E-state index contributed by atoms with van der Waals surface area (Å²) >= 11 is 0. The Bertz CT molecular complexity index is 4380. The van der Waals surface area contributed by atoms with Crippen LogP contribution >= 0.6 is 0 Å². The van der Waals surface area contributed by atoms with Gasteiger partial charge in [-0.2, -0.15) is 0 Å². The fraction of sp³-hybridized carbons (Fsp3) is 0. The van der Waals surface area contributed by atoms with E-state index in [-0.39, 0.29) is 0 Å². The minimum atomic E-state index is 1.20. The zero-order valence-electron chi connectivity index (χ0n) is 37.2. The van der Waals surface area contributed by atoms with Crippen LogP contribution in [0.25, 0.3) is 142 Å². The predicted octanol–water partition coefficient (Wildman–Crippen LogP) is 19.2. The summed E-state index contributed by atoms with van der Waals surface area (Å²) in [5, 5.41) is 20.1. The van der Waals surface area contributed by atoms with Crippen LogP contribution in [0.4, 0.5) is 0 Å². The Kier molecular flexibility index (Phi) is 8.69. The van der Waals surface area contributed by atoms with Gasteiger partial charge in [0.2, 0.25) is 0 Å². The molecule has 14 aromatic rings. The quantitative estimate of drug-likeness (QED) is 0.151. The van der Waals surface area contributed by atoms with Crippen LogP contribution in [-0.2, 0) is 0 Å². The second kappa shape index (κ2) is 15.4. The van der Waals surface area contributed by atoms with Crippen molar-refractivity contribution in [1.29, 1.82) is 0 Å². The average Bonchev–Trinajstić information content (AvgIpc) is 3.42. The van der Waals surface area contributed by atoms with Crippen LogP contribution in [0.15, 0.2) is 255 Å². The van der Waals surface area contributed by atoms with E-state index >= 15 is 0 Å². The fourth-order valence-corrected chi connectivity index (χ4v) is 11.5. The van der Waals surface area contributed by atoms with Gasteiger partial charge in [-0.3, -0.25) is 0 Å². The molecule has 0 heterocycles. The summed E-state index contributed by atoms with van der Waals surface area (Å²) in [4.78, 5) is 0. The summed E-state index contributed by atoms with van der Waals surface area (Å²) in [6, 6.07) is 94.9. The molecular formula is C68H42. The normalized spacial score (nSPS) is 11.8. The minimum absolute atomic E-state index is 1.20. The number of hydrogen-bond acceptors (Lipinski definition) is 0. The van der Waals surface area contributed by atoms with Crippen molar-refractivity contribution in [2.45, 2.75) is 0 Å². The lowest BCUT2D eigenvalue weighted by molar-refractivity contribution is 1.61. The molecule has 0 saturated carbocycles. The van der Waals surface area contributed by atoms with Crippen molar-refractivity contribution in [3.8, 4) is 55.6 Å². The van der Waals surface area contributed by atoms with E-state index in [0.717, 1.165) is 0 Å². The molecule has 0 aromatic heterocycles. The molecule has 0 N–H and O–H groups in total. The van der Waals surface area contributed by atoms with E-state index in [2.05, 4.69) is 255 Å². The van der Waals surface area contributed by atoms with Crippen LogP contribution in [0.2, 0.25) is 0 Å². The highest BCUT2D eigenvalue weighted by Crippen LogP contribution is 2.46. The van der Waals surface area contributed by atoms with Gasteiger partial charge in [0.05, 0.1) is 0 Å². The van der Waals surface area contributed by atoms with Crippen molar-refractivity contribution >= 4 is 86.2 Å². The van der Waals surface area contributed by atoms with E-state index in [9.17, 15) is 0 Å². The Morgan fingerprint density at radius 3 is 0.868 bits per heavy atom. The maximum Gasteiger partial charge on any atom is -0.00923 e. The third-order valence-electron chi connectivity index (χ3n) is 14.6. The molecule has 0 aliphatic heterocycles. The van der Waals surface area contributed by atoms with Gasteiger partial charge >= 0.3 is 0 Å². The Morgan fingerprint density at radius 2 is 0.412 bits per heavy atom. The summed E-state index contributed by atoms with van der Waals surface area (Å²) in [5.41, 5.74) is 12.3. The zero-order valence-corrected chi connectivity index (χ0v) is 37.2. The Balaban J connectivity index is 1.02. The molecule has 0 aliphatic carbocycles. The molecule has 0 spiro atoms. The monoisotopic (exact) mass is 858 g/mol. The molecule has 14 rings (SSSR count). The van der Waals surface area contributed by atoms with Gasteiger partial charge in [-0.25, -0.2) is 0 Å². The van der Waals surface area contributed by atoms with Gasteiger partial charge in [0.15, 0.2) is 0 Å². The second-order valence-corrected chi connectivity index (χ2v) is 18.3. The number of fused-ring (bicyclic) bond motifs is 12. The zero-order chi connectivity index (χ0) is 44.7. The Labute approximate surface area is 394 Å². The first-order valence-corrected chi connectivity index (χ1v) is 23.7. The highest BCUT2D eigenvalue weighted by molar-refractivity contribution is 6.22. The van der Waals surface area contributed by atoms with Crippen molar-refractivity contribution in [2.24, 2.45) is 0 Å². The van der Waals surface area contributed by atoms with E-state index in [1.54, 1.807) is 0 Å². The van der Waals surface area contributed by atoms with Crippen LogP contribution in [-0.4, -0.2) is 0 Å². The molecule has 0 saturated heterocycles. The minimum Gasteiger partial charge on any atom is -0.0616 e. The van der Waals surface area contributed by atoms with Crippen LogP contribution in [0.3, 0.4) is 0 Å². The molecule has 0 nitrogen and oxygen atoms in total. The molecule has 0 radical (unpaired) electrons. The van der Waals surface area contributed by atoms with E-state index < -0.39 is 0 Å². The van der Waals surface area contributed by atoms with Crippen molar-refractivity contribution in [3.05, 3.63) is 255 Å². The fourth-order valence-electron chi connectivity index (χ4n) is 11.5. The topological polar surface area (TPSA) is 0 Å². The Hall–Kier alpha value is -8.84. The molecule has 0 amide bonds. The first kappa shape index (κ1) is 38.4. The number of benzene rings is 14. The summed E-state index contributed by atoms with van der Waals surface area (Å²) in [6.07, 6.45) is 0. The molecule has 314 valence electrons. The summed E-state index contributed by atoms with van der Waals surface area (Å²) in [6.45, 7) is 0. The van der Waals surface area contributed by atoms with E-state index in [1.165, 1.54) is 142 Å². The predicted molar refractivity (Wildman–Crippen MR) is 294 cm³/mol. The van der Waals surface area contributed by atoms with Crippen LogP contribution in [0.1, 0.15) is 0 Å². The highest BCUT2D eigenvalue weighted by atomic mass is 14.2. The van der Waals surface area contributed by atoms with Gasteiger partial charge in [-0.05, 0) is 178 Å². The molecule has 68 heavy (non-hydrogen) atoms.